The van der Waals surface area contributed by atoms with Crippen molar-refractivity contribution < 1.29 is 13.9 Å². The number of aromatic nitrogens is 2. The molecule has 0 bridgehead atoms. The maximum atomic E-state index is 12.8. The van der Waals surface area contributed by atoms with Crippen molar-refractivity contribution in [2.24, 2.45) is 0 Å². The molecular formula is C29H33N5O4. The zero-order valence-electron chi connectivity index (χ0n) is 21.5. The fraction of sp³-hybridized carbons (Fsp3) is 0.414. The number of ether oxygens (including phenoxy) is 2. The smallest absolute Gasteiger partial charge is 0.349 e. The van der Waals surface area contributed by atoms with Gasteiger partial charge in [0.25, 0.3) is 0 Å². The van der Waals surface area contributed by atoms with Crippen LogP contribution in [0.1, 0.15) is 25.7 Å². The second-order valence-corrected chi connectivity index (χ2v) is 10.0. The van der Waals surface area contributed by atoms with E-state index in [1.165, 1.54) is 25.7 Å². The summed E-state index contributed by atoms with van der Waals surface area (Å²) in [6.07, 6.45) is 5.02. The fourth-order valence-electron chi connectivity index (χ4n) is 5.35. The van der Waals surface area contributed by atoms with Crippen molar-refractivity contribution in [3.05, 3.63) is 52.9 Å². The quantitative estimate of drug-likeness (QED) is 0.262. The summed E-state index contributed by atoms with van der Waals surface area (Å²) in [6, 6.07) is 13.1. The molecule has 2 aliphatic rings. The van der Waals surface area contributed by atoms with E-state index in [9.17, 15) is 4.79 Å². The van der Waals surface area contributed by atoms with Crippen molar-refractivity contribution in [3.63, 3.8) is 0 Å². The first-order chi connectivity index (χ1) is 18.6. The Morgan fingerprint density at radius 2 is 1.50 bits per heavy atom. The molecule has 2 aliphatic heterocycles. The highest BCUT2D eigenvalue weighted by Crippen LogP contribution is 2.30. The molecule has 9 heteroatoms. The van der Waals surface area contributed by atoms with E-state index in [2.05, 4.69) is 14.8 Å². The molecule has 9 nitrogen and oxygen atoms in total. The molecule has 0 atom stereocenters. The normalized spacial score (nSPS) is 16.5. The summed E-state index contributed by atoms with van der Waals surface area (Å²) < 4.78 is 17.5. The average Bonchev–Trinajstić information content (AvgIpc) is 3.63. The number of nitrogen functional groups attached to an aromatic ring is 1. The first-order valence-electron chi connectivity index (χ1n) is 13.5. The van der Waals surface area contributed by atoms with Crippen LogP contribution in [0.15, 0.2) is 51.7 Å². The number of likely N-dealkylation sites (tertiary alicyclic amines) is 2. The lowest BCUT2D eigenvalue weighted by Crippen LogP contribution is -2.25. The van der Waals surface area contributed by atoms with Crippen molar-refractivity contribution in [2.75, 3.05) is 58.2 Å². The molecule has 0 radical (unpaired) electrons. The van der Waals surface area contributed by atoms with Gasteiger partial charge in [0.2, 0.25) is 0 Å². The largest absolute Gasteiger partial charge is 0.492 e. The monoisotopic (exact) mass is 515 g/mol. The molecule has 2 aromatic carbocycles. The van der Waals surface area contributed by atoms with Crippen LogP contribution in [0.5, 0.6) is 11.5 Å². The van der Waals surface area contributed by atoms with Gasteiger partial charge in [0, 0.05) is 30.1 Å². The standard InChI is InChI=1S/C29H33N5O4/c30-27-25-26(23-9-8-22(19-24(23)38-29(25)35)37-17-15-34-12-3-4-13-34)31-28(32-27)20-6-5-7-21(18-20)36-16-14-33-10-1-2-11-33/h5-9,18-19H,1-4,10-17H2,(H2,30,31,32). The number of benzene rings is 2. The van der Waals surface area contributed by atoms with Crippen molar-refractivity contribution in [2.45, 2.75) is 25.7 Å². The summed E-state index contributed by atoms with van der Waals surface area (Å²) in [5, 5.41) is 0.863. The van der Waals surface area contributed by atoms with Crippen molar-refractivity contribution >= 4 is 27.7 Å². The number of anilines is 1. The lowest BCUT2D eigenvalue weighted by Gasteiger charge is -2.15. The minimum Gasteiger partial charge on any atom is -0.492 e. The predicted octanol–water partition coefficient (Wildman–Crippen LogP) is 3.93. The molecule has 0 aliphatic carbocycles. The van der Waals surface area contributed by atoms with Crippen molar-refractivity contribution in [1.82, 2.24) is 19.8 Å². The highest BCUT2D eigenvalue weighted by Gasteiger charge is 2.17. The predicted molar refractivity (Wildman–Crippen MR) is 148 cm³/mol. The van der Waals surface area contributed by atoms with Crippen LogP contribution in [0.2, 0.25) is 0 Å². The first kappa shape index (κ1) is 24.6. The third kappa shape index (κ3) is 5.30. The molecule has 38 heavy (non-hydrogen) atoms. The van der Waals surface area contributed by atoms with Crippen LogP contribution in [-0.2, 0) is 0 Å². The van der Waals surface area contributed by atoms with Gasteiger partial charge in [-0.3, -0.25) is 9.80 Å². The molecule has 2 saturated heterocycles. The fourth-order valence-corrected chi connectivity index (χ4v) is 5.35. The Bertz CT molecular complexity index is 1490. The molecular weight excluding hydrogens is 482 g/mol. The number of nitrogens with two attached hydrogens (primary N) is 1. The summed E-state index contributed by atoms with van der Waals surface area (Å²) in [5.74, 6) is 1.92. The van der Waals surface area contributed by atoms with Gasteiger partial charge in [0.15, 0.2) is 5.82 Å². The summed E-state index contributed by atoms with van der Waals surface area (Å²) in [7, 11) is 0. The molecule has 0 amide bonds. The Balaban J connectivity index is 1.25. The van der Waals surface area contributed by atoms with E-state index >= 15 is 0 Å². The summed E-state index contributed by atoms with van der Waals surface area (Å²) in [5.41, 5.74) is 7.32. The molecule has 198 valence electrons. The van der Waals surface area contributed by atoms with E-state index in [1.54, 1.807) is 6.07 Å². The average molecular weight is 516 g/mol. The third-order valence-electron chi connectivity index (χ3n) is 7.39. The number of nitrogens with zero attached hydrogens (tertiary/aromatic N) is 4. The number of fused-ring (bicyclic) bond motifs is 3. The molecule has 2 aromatic heterocycles. The molecule has 0 saturated carbocycles. The van der Waals surface area contributed by atoms with E-state index < -0.39 is 5.63 Å². The van der Waals surface area contributed by atoms with Crippen molar-refractivity contribution in [1.29, 1.82) is 0 Å². The van der Waals surface area contributed by atoms with E-state index in [1.807, 2.05) is 36.4 Å². The molecule has 6 rings (SSSR count). The number of rotatable bonds is 9. The van der Waals surface area contributed by atoms with Gasteiger partial charge in [-0.05, 0) is 76.1 Å². The van der Waals surface area contributed by atoms with Crippen LogP contribution in [0.3, 0.4) is 0 Å². The lowest BCUT2D eigenvalue weighted by atomic mass is 10.1. The first-order valence-corrected chi connectivity index (χ1v) is 13.5. The van der Waals surface area contributed by atoms with Gasteiger partial charge >= 0.3 is 5.63 Å². The topological polar surface area (TPSA) is 107 Å². The summed E-state index contributed by atoms with van der Waals surface area (Å²) >= 11 is 0. The lowest BCUT2D eigenvalue weighted by molar-refractivity contribution is 0.237. The maximum absolute atomic E-state index is 12.8. The van der Waals surface area contributed by atoms with Crippen LogP contribution in [0.25, 0.3) is 33.3 Å². The minimum absolute atomic E-state index is 0.0898. The Morgan fingerprint density at radius 3 is 2.18 bits per heavy atom. The summed E-state index contributed by atoms with van der Waals surface area (Å²) in [6.45, 7) is 7.53. The molecule has 4 aromatic rings. The van der Waals surface area contributed by atoms with E-state index in [-0.39, 0.29) is 11.2 Å². The van der Waals surface area contributed by atoms with Gasteiger partial charge in [-0.1, -0.05) is 12.1 Å². The Labute approximate surface area is 221 Å². The van der Waals surface area contributed by atoms with Gasteiger partial charge in [-0.2, -0.15) is 0 Å². The molecule has 2 fully saturated rings. The molecule has 2 N–H and O–H groups in total. The number of hydrogen-bond donors (Lipinski definition) is 1. The Kier molecular flexibility index (Phi) is 7.11. The van der Waals surface area contributed by atoms with Crippen LogP contribution in [-0.4, -0.2) is 72.3 Å². The minimum atomic E-state index is -0.565. The summed E-state index contributed by atoms with van der Waals surface area (Å²) in [4.78, 5) is 26.8. The van der Waals surface area contributed by atoms with Crippen LogP contribution in [0.4, 0.5) is 5.82 Å². The zero-order chi connectivity index (χ0) is 25.9. The van der Waals surface area contributed by atoms with Crippen LogP contribution >= 0.6 is 0 Å². The van der Waals surface area contributed by atoms with Gasteiger partial charge in [0.05, 0.1) is 5.52 Å². The maximum Gasteiger partial charge on any atom is 0.349 e. The second kappa shape index (κ2) is 11.0. The van der Waals surface area contributed by atoms with Gasteiger partial charge < -0.3 is 19.6 Å². The highest BCUT2D eigenvalue weighted by molar-refractivity contribution is 6.05. The van der Waals surface area contributed by atoms with Crippen LogP contribution in [0, 0.1) is 0 Å². The Hall–Kier alpha value is -3.69. The van der Waals surface area contributed by atoms with Gasteiger partial charge in [-0.15, -0.1) is 0 Å². The second-order valence-electron chi connectivity index (χ2n) is 10.0. The van der Waals surface area contributed by atoms with Crippen molar-refractivity contribution in [3.8, 4) is 22.9 Å². The van der Waals surface area contributed by atoms with E-state index in [0.29, 0.717) is 41.3 Å². The van der Waals surface area contributed by atoms with Crippen LogP contribution < -0.4 is 20.8 Å². The SMILES string of the molecule is Nc1nc(-c2cccc(OCCN3CCCC3)c2)nc2c1c(=O)oc1cc(OCCN3CCCC3)ccc12. The molecule has 4 heterocycles. The number of hydrogen-bond acceptors (Lipinski definition) is 9. The van der Waals surface area contributed by atoms with E-state index in [0.717, 1.165) is 50.6 Å². The molecule has 0 unspecified atom stereocenters. The van der Waals surface area contributed by atoms with Gasteiger partial charge in [-0.25, -0.2) is 14.8 Å². The Morgan fingerprint density at radius 1 is 0.842 bits per heavy atom. The van der Waals surface area contributed by atoms with Gasteiger partial charge in [0.1, 0.15) is 41.5 Å². The van der Waals surface area contributed by atoms with E-state index in [4.69, 9.17) is 24.6 Å². The third-order valence-corrected chi connectivity index (χ3v) is 7.39. The zero-order valence-corrected chi connectivity index (χ0v) is 21.5. The highest BCUT2D eigenvalue weighted by atomic mass is 16.5. The molecule has 0 spiro atoms.